The summed E-state index contributed by atoms with van der Waals surface area (Å²) in [5, 5.41) is 8.85. The van der Waals surface area contributed by atoms with E-state index in [4.69, 9.17) is 5.11 Å². The molecule has 17 heavy (non-hydrogen) atoms. The van der Waals surface area contributed by atoms with Crippen LogP contribution in [0.5, 0.6) is 0 Å². The van der Waals surface area contributed by atoms with Gasteiger partial charge in [0.1, 0.15) is 0 Å². The van der Waals surface area contributed by atoms with Gasteiger partial charge in [0.25, 0.3) is 0 Å². The first-order valence-electron chi connectivity index (χ1n) is 7.16. The number of rotatable bonds is 7. The minimum Gasteiger partial charge on any atom is -0.480 e. The van der Waals surface area contributed by atoms with Crippen LogP contribution >= 0.6 is 0 Å². The smallest absolute Gasteiger partial charge is 0.317 e. The quantitative estimate of drug-likeness (QED) is 0.696. The predicted molar refractivity (Wildman–Crippen MR) is 70.2 cm³/mol. The number of aliphatic carboxylic acids is 1. The summed E-state index contributed by atoms with van der Waals surface area (Å²) in [6.45, 7) is 4.20. The number of carboxylic acids is 1. The summed E-state index contributed by atoms with van der Waals surface area (Å²) in [6.07, 6.45) is 10.5. The molecule has 3 heteroatoms. The molecule has 0 saturated heterocycles. The van der Waals surface area contributed by atoms with Gasteiger partial charge in [-0.2, -0.15) is 0 Å². The normalized spacial score (nSPS) is 18.2. The number of nitrogens with zero attached hydrogens (tertiary/aromatic N) is 1. The van der Waals surface area contributed by atoms with Crippen molar-refractivity contribution in [1.29, 1.82) is 0 Å². The number of carbonyl (C=O) groups is 1. The fourth-order valence-electron chi connectivity index (χ4n) is 2.80. The molecular weight excluding hydrogens is 214 g/mol. The molecule has 3 nitrogen and oxygen atoms in total. The Bertz CT molecular complexity index is 210. The average Bonchev–Trinajstić information content (AvgIpc) is 2.54. The van der Waals surface area contributed by atoms with Crippen molar-refractivity contribution in [2.75, 3.05) is 19.6 Å². The van der Waals surface area contributed by atoms with E-state index in [-0.39, 0.29) is 6.54 Å². The molecule has 1 rings (SSSR count). The standard InChI is InChI=1S/C14H27NO2/c1-2-10-15(12-14(16)17)11-9-13-7-5-3-4-6-8-13/h13H,2-12H2,1H3,(H,16,17). The van der Waals surface area contributed by atoms with Crippen molar-refractivity contribution < 1.29 is 9.90 Å². The molecule has 1 saturated carbocycles. The molecule has 0 aliphatic heterocycles. The van der Waals surface area contributed by atoms with Gasteiger partial charge in [-0.25, -0.2) is 0 Å². The van der Waals surface area contributed by atoms with Gasteiger partial charge in [0.2, 0.25) is 0 Å². The van der Waals surface area contributed by atoms with Crippen LogP contribution in [0.1, 0.15) is 58.3 Å². The minimum atomic E-state index is -0.695. The highest BCUT2D eigenvalue weighted by Gasteiger charge is 2.15. The fraction of sp³-hybridized carbons (Fsp3) is 0.929. The molecule has 0 amide bonds. The Kier molecular flexibility index (Phi) is 7.25. The van der Waals surface area contributed by atoms with E-state index in [1.165, 1.54) is 44.9 Å². The molecule has 0 aromatic carbocycles. The lowest BCUT2D eigenvalue weighted by Gasteiger charge is -2.22. The molecule has 1 aliphatic rings. The zero-order chi connectivity index (χ0) is 12.5. The van der Waals surface area contributed by atoms with Gasteiger partial charge in [0, 0.05) is 0 Å². The molecule has 1 N–H and O–H groups in total. The summed E-state index contributed by atoms with van der Waals surface area (Å²) in [7, 11) is 0. The maximum atomic E-state index is 10.7. The third-order valence-electron chi connectivity index (χ3n) is 3.73. The molecule has 0 aromatic heterocycles. The Morgan fingerprint density at radius 3 is 2.35 bits per heavy atom. The van der Waals surface area contributed by atoms with Crippen molar-refractivity contribution >= 4 is 5.97 Å². The average molecular weight is 241 g/mol. The maximum Gasteiger partial charge on any atom is 0.317 e. The Balaban J connectivity index is 2.26. The summed E-state index contributed by atoms with van der Waals surface area (Å²) in [6, 6.07) is 0. The van der Waals surface area contributed by atoms with Crippen molar-refractivity contribution in [3.05, 3.63) is 0 Å². The second-order valence-corrected chi connectivity index (χ2v) is 5.32. The highest BCUT2D eigenvalue weighted by atomic mass is 16.4. The Labute approximate surface area is 105 Å². The van der Waals surface area contributed by atoms with Crippen molar-refractivity contribution in [1.82, 2.24) is 4.90 Å². The number of hydrogen-bond acceptors (Lipinski definition) is 2. The number of carboxylic acid groups (broad SMARTS) is 1. The van der Waals surface area contributed by atoms with Gasteiger partial charge in [-0.3, -0.25) is 9.69 Å². The summed E-state index contributed by atoms with van der Waals surface area (Å²) >= 11 is 0. The van der Waals surface area contributed by atoms with Crippen LogP contribution in [0.2, 0.25) is 0 Å². The van der Waals surface area contributed by atoms with Gasteiger partial charge in [-0.1, -0.05) is 45.4 Å². The molecule has 0 spiro atoms. The maximum absolute atomic E-state index is 10.7. The Hall–Kier alpha value is -0.570. The first-order chi connectivity index (χ1) is 8.22. The van der Waals surface area contributed by atoms with E-state index in [0.717, 1.165) is 25.4 Å². The van der Waals surface area contributed by atoms with Crippen LogP contribution in [0.4, 0.5) is 0 Å². The van der Waals surface area contributed by atoms with E-state index in [1.807, 2.05) is 0 Å². The first-order valence-corrected chi connectivity index (χ1v) is 7.16. The third kappa shape index (κ3) is 6.67. The van der Waals surface area contributed by atoms with E-state index < -0.39 is 5.97 Å². The summed E-state index contributed by atoms with van der Waals surface area (Å²) in [4.78, 5) is 12.8. The molecule has 1 fully saturated rings. The van der Waals surface area contributed by atoms with Crippen molar-refractivity contribution in [2.24, 2.45) is 5.92 Å². The van der Waals surface area contributed by atoms with Crippen LogP contribution < -0.4 is 0 Å². The van der Waals surface area contributed by atoms with Crippen molar-refractivity contribution in [3.8, 4) is 0 Å². The largest absolute Gasteiger partial charge is 0.480 e. The molecule has 0 unspecified atom stereocenters. The van der Waals surface area contributed by atoms with E-state index >= 15 is 0 Å². The molecule has 0 radical (unpaired) electrons. The SMILES string of the molecule is CCCN(CCC1CCCCCC1)CC(=O)O. The van der Waals surface area contributed by atoms with Gasteiger partial charge in [-0.15, -0.1) is 0 Å². The van der Waals surface area contributed by atoms with Gasteiger partial charge >= 0.3 is 5.97 Å². The summed E-state index contributed by atoms with van der Waals surface area (Å²) in [5.41, 5.74) is 0. The van der Waals surface area contributed by atoms with Gasteiger partial charge < -0.3 is 5.11 Å². The molecule has 100 valence electrons. The van der Waals surface area contributed by atoms with Crippen LogP contribution in [-0.4, -0.2) is 35.6 Å². The monoisotopic (exact) mass is 241 g/mol. The third-order valence-corrected chi connectivity index (χ3v) is 3.73. The van der Waals surface area contributed by atoms with E-state index in [2.05, 4.69) is 11.8 Å². The van der Waals surface area contributed by atoms with Crippen LogP contribution in [0.3, 0.4) is 0 Å². The molecule has 0 bridgehead atoms. The lowest BCUT2D eigenvalue weighted by atomic mass is 9.96. The van der Waals surface area contributed by atoms with Crippen molar-refractivity contribution in [3.63, 3.8) is 0 Å². The molecule has 1 aliphatic carbocycles. The molecular formula is C14H27NO2. The Morgan fingerprint density at radius 1 is 1.18 bits per heavy atom. The van der Waals surface area contributed by atoms with Gasteiger partial charge in [0.15, 0.2) is 0 Å². The van der Waals surface area contributed by atoms with E-state index in [9.17, 15) is 4.79 Å². The topological polar surface area (TPSA) is 40.5 Å². The Morgan fingerprint density at radius 2 is 1.82 bits per heavy atom. The van der Waals surface area contributed by atoms with Crippen LogP contribution in [0.25, 0.3) is 0 Å². The van der Waals surface area contributed by atoms with Gasteiger partial charge in [0.05, 0.1) is 6.54 Å². The second-order valence-electron chi connectivity index (χ2n) is 5.32. The summed E-state index contributed by atoms with van der Waals surface area (Å²) < 4.78 is 0. The van der Waals surface area contributed by atoms with Crippen LogP contribution in [0, 0.1) is 5.92 Å². The fourth-order valence-corrected chi connectivity index (χ4v) is 2.80. The molecule has 0 atom stereocenters. The van der Waals surface area contributed by atoms with E-state index in [1.54, 1.807) is 0 Å². The van der Waals surface area contributed by atoms with E-state index in [0.29, 0.717) is 0 Å². The molecule has 0 aromatic rings. The molecule has 0 heterocycles. The summed E-state index contributed by atoms with van der Waals surface area (Å²) in [5.74, 6) is 0.143. The lowest BCUT2D eigenvalue weighted by Crippen LogP contribution is -2.32. The zero-order valence-corrected chi connectivity index (χ0v) is 11.2. The number of hydrogen-bond donors (Lipinski definition) is 1. The predicted octanol–water partition coefficient (Wildman–Crippen LogP) is 3.14. The lowest BCUT2D eigenvalue weighted by molar-refractivity contribution is -0.138. The highest BCUT2D eigenvalue weighted by molar-refractivity contribution is 5.69. The van der Waals surface area contributed by atoms with Crippen molar-refractivity contribution in [2.45, 2.75) is 58.3 Å². The van der Waals surface area contributed by atoms with Crippen LogP contribution in [0.15, 0.2) is 0 Å². The second kappa shape index (κ2) is 8.51. The first kappa shape index (κ1) is 14.5. The minimum absolute atomic E-state index is 0.209. The zero-order valence-electron chi connectivity index (χ0n) is 11.2. The van der Waals surface area contributed by atoms with Gasteiger partial charge in [-0.05, 0) is 31.8 Å². The van der Waals surface area contributed by atoms with Crippen LogP contribution in [-0.2, 0) is 4.79 Å². The highest BCUT2D eigenvalue weighted by Crippen LogP contribution is 2.25.